The van der Waals surface area contributed by atoms with Gasteiger partial charge in [0.2, 0.25) is 0 Å². The van der Waals surface area contributed by atoms with E-state index in [9.17, 15) is 10.1 Å². The molecule has 0 bridgehead atoms. The summed E-state index contributed by atoms with van der Waals surface area (Å²) in [7, 11) is 0. The minimum absolute atomic E-state index is 0.0889. The van der Waals surface area contributed by atoms with Gasteiger partial charge >= 0.3 is 5.97 Å². The Kier molecular flexibility index (Phi) is 6.17. The van der Waals surface area contributed by atoms with Crippen molar-refractivity contribution < 1.29 is 9.53 Å². The molecule has 158 valence electrons. The fraction of sp³-hybridized carbons (Fsp3) is 0.583. The molecule has 3 atom stereocenters. The van der Waals surface area contributed by atoms with Gasteiger partial charge in [-0.1, -0.05) is 32.4 Å². The molecular formula is C24H30N4O2. The molecule has 2 aromatic rings. The number of hydrogen-bond donors (Lipinski definition) is 0. The van der Waals surface area contributed by atoms with Gasteiger partial charge in [0.25, 0.3) is 0 Å². The van der Waals surface area contributed by atoms with E-state index in [1.165, 1.54) is 6.42 Å². The lowest BCUT2D eigenvalue weighted by Crippen LogP contribution is -2.40. The number of esters is 1. The lowest BCUT2D eigenvalue weighted by atomic mass is 9.91. The smallest absolute Gasteiger partial charge is 0.329 e. The van der Waals surface area contributed by atoms with Crippen LogP contribution in [0.2, 0.25) is 0 Å². The van der Waals surface area contributed by atoms with Crippen LogP contribution < -0.4 is 4.90 Å². The first-order valence-electron chi connectivity index (χ1n) is 11.2. The molecule has 2 heterocycles. The molecule has 1 aliphatic carbocycles. The van der Waals surface area contributed by atoms with Crippen molar-refractivity contribution >= 4 is 22.8 Å². The number of hydrogen-bond acceptors (Lipinski definition) is 6. The number of piperidine rings is 1. The molecule has 6 nitrogen and oxygen atoms in total. The Hall–Kier alpha value is -2.68. The van der Waals surface area contributed by atoms with E-state index in [4.69, 9.17) is 14.7 Å². The van der Waals surface area contributed by atoms with E-state index in [2.05, 4.69) is 24.8 Å². The van der Waals surface area contributed by atoms with Gasteiger partial charge in [-0.15, -0.1) is 0 Å². The Morgan fingerprint density at radius 2 is 1.73 bits per heavy atom. The van der Waals surface area contributed by atoms with E-state index in [0.29, 0.717) is 28.9 Å². The Bertz CT molecular complexity index is 938. The summed E-state index contributed by atoms with van der Waals surface area (Å²) in [5, 5.41) is 9.94. The topological polar surface area (TPSA) is 79.1 Å². The van der Waals surface area contributed by atoms with Crippen LogP contribution >= 0.6 is 0 Å². The molecule has 2 fully saturated rings. The summed E-state index contributed by atoms with van der Waals surface area (Å²) < 4.78 is 5.75. The van der Waals surface area contributed by atoms with Crippen LogP contribution in [0.3, 0.4) is 0 Å². The van der Waals surface area contributed by atoms with Crippen molar-refractivity contribution in [2.45, 2.75) is 64.4 Å². The molecule has 6 heteroatoms. The molecule has 0 radical (unpaired) electrons. The molecule has 1 saturated heterocycles. The van der Waals surface area contributed by atoms with Crippen LogP contribution in [0.15, 0.2) is 24.3 Å². The first-order valence-corrected chi connectivity index (χ1v) is 11.2. The van der Waals surface area contributed by atoms with E-state index >= 15 is 0 Å². The second-order valence-electron chi connectivity index (χ2n) is 9.03. The van der Waals surface area contributed by atoms with Gasteiger partial charge in [0.05, 0.1) is 17.1 Å². The van der Waals surface area contributed by atoms with Gasteiger partial charge in [-0.05, 0) is 56.1 Å². The highest BCUT2D eigenvalue weighted by molar-refractivity contribution is 5.85. The third-order valence-corrected chi connectivity index (χ3v) is 6.22. The van der Waals surface area contributed by atoms with Crippen molar-refractivity contribution in [3.05, 3.63) is 30.0 Å². The van der Waals surface area contributed by atoms with E-state index in [1.807, 2.05) is 24.3 Å². The van der Waals surface area contributed by atoms with Crippen molar-refractivity contribution in [1.82, 2.24) is 9.97 Å². The van der Waals surface area contributed by atoms with E-state index in [-0.39, 0.29) is 6.10 Å². The zero-order valence-corrected chi connectivity index (χ0v) is 17.9. The molecule has 1 aromatic heterocycles. The maximum atomic E-state index is 13.0. The molecule has 1 aliphatic heterocycles. The maximum absolute atomic E-state index is 13.0. The summed E-state index contributed by atoms with van der Waals surface area (Å²) in [6, 6.07) is 9.80. The summed E-state index contributed by atoms with van der Waals surface area (Å²) in [6.45, 7) is 6.16. The van der Waals surface area contributed by atoms with Gasteiger partial charge in [-0.25, -0.2) is 9.97 Å². The summed E-state index contributed by atoms with van der Waals surface area (Å²) >= 11 is 0. The van der Waals surface area contributed by atoms with Crippen molar-refractivity contribution in [1.29, 1.82) is 5.26 Å². The number of carbonyl (C=O) groups excluding carboxylic acids is 1. The highest BCUT2D eigenvalue weighted by atomic mass is 16.5. The summed E-state index contributed by atoms with van der Waals surface area (Å²) in [4.78, 5) is 24.8. The third kappa shape index (κ3) is 4.40. The summed E-state index contributed by atoms with van der Waals surface area (Å²) in [5.41, 5.74) is 1.90. The van der Waals surface area contributed by atoms with Crippen LogP contribution in [0.4, 0.5) is 5.82 Å². The fourth-order valence-corrected chi connectivity index (χ4v) is 4.91. The molecule has 0 N–H and O–H groups in total. The maximum Gasteiger partial charge on any atom is 0.329 e. The Balaban J connectivity index is 1.71. The molecule has 4 rings (SSSR count). The number of anilines is 1. The molecule has 0 spiro atoms. The van der Waals surface area contributed by atoms with Crippen LogP contribution in [0.25, 0.3) is 11.0 Å². The standard InChI is InChI=1S/C24H30N4O2/c1-16-12-17(2)15-28(14-16)23-22(26-20-10-6-7-11-21(20)27-23)19(13-25)24(29)30-18-8-4-3-5-9-18/h6-7,10-11,16-19H,3-5,8-9,12,14-15H2,1-2H3/t16-,17-,19-/m1/s1. The van der Waals surface area contributed by atoms with Crippen LogP contribution in [0.1, 0.15) is 64.0 Å². The van der Waals surface area contributed by atoms with Crippen molar-refractivity contribution in [3.8, 4) is 6.07 Å². The van der Waals surface area contributed by atoms with Crippen LogP contribution in [-0.2, 0) is 9.53 Å². The number of benzene rings is 1. The summed E-state index contributed by atoms with van der Waals surface area (Å²) in [5.74, 6) is 0.133. The minimum atomic E-state index is -1.06. The average molecular weight is 407 g/mol. The van der Waals surface area contributed by atoms with Crippen LogP contribution in [0.5, 0.6) is 0 Å². The SMILES string of the molecule is C[C@@H]1C[C@@H](C)CN(c2nc3ccccc3nc2[C@@H](C#N)C(=O)OC2CCCCC2)C1. The van der Waals surface area contributed by atoms with Gasteiger partial charge in [0, 0.05) is 13.1 Å². The first kappa shape index (κ1) is 20.6. The van der Waals surface area contributed by atoms with Gasteiger partial charge in [-0.3, -0.25) is 4.79 Å². The highest BCUT2D eigenvalue weighted by Gasteiger charge is 2.33. The zero-order chi connectivity index (χ0) is 21.1. The van der Waals surface area contributed by atoms with Gasteiger partial charge in [-0.2, -0.15) is 5.26 Å². The monoisotopic (exact) mass is 406 g/mol. The van der Waals surface area contributed by atoms with Crippen molar-refractivity contribution in [2.24, 2.45) is 11.8 Å². The van der Waals surface area contributed by atoms with Gasteiger partial charge < -0.3 is 9.64 Å². The number of nitriles is 1. The number of carbonyl (C=O) groups is 1. The zero-order valence-electron chi connectivity index (χ0n) is 17.9. The second kappa shape index (κ2) is 8.99. The van der Waals surface area contributed by atoms with E-state index < -0.39 is 11.9 Å². The van der Waals surface area contributed by atoms with Crippen LogP contribution in [0, 0.1) is 23.2 Å². The largest absolute Gasteiger partial charge is 0.461 e. The molecule has 30 heavy (non-hydrogen) atoms. The average Bonchev–Trinajstić information content (AvgIpc) is 2.74. The molecule has 1 saturated carbocycles. The summed E-state index contributed by atoms with van der Waals surface area (Å²) in [6.07, 6.45) is 6.15. The van der Waals surface area contributed by atoms with Crippen molar-refractivity contribution in [2.75, 3.05) is 18.0 Å². The number of para-hydroxylation sites is 2. The quantitative estimate of drug-likeness (QED) is 0.691. The number of nitrogens with zero attached hydrogens (tertiary/aromatic N) is 4. The third-order valence-electron chi connectivity index (χ3n) is 6.22. The van der Waals surface area contributed by atoms with E-state index in [0.717, 1.165) is 50.7 Å². The highest BCUT2D eigenvalue weighted by Crippen LogP contribution is 2.33. The number of ether oxygens (including phenoxy) is 1. The number of rotatable bonds is 4. The molecule has 0 amide bonds. The normalized spacial score (nSPS) is 23.7. The first-order chi connectivity index (χ1) is 14.5. The lowest BCUT2D eigenvalue weighted by molar-refractivity contribution is -0.150. The molecule has 2 aliphatic rings. The Morgan fingerprint density at radius 1 is 1.10 bits per heavy atom. The number of fused-ring (bicyclic) bond motifs is 1. The van der Waals surface area contributed by atoms with Crippen molar-refractivity contribution in [3.63, 3.8) is 0 Å². The second-order valence-corrected chi connectivity index (χ2v) is 9.03. The Labute approximate surface area is 178 Å². The molecular weight excluding hydrogens is 376 g/mol. The minimum Gasteiger partial charge on any atom is -0.461 e. The van der Waals surface area contributed by atoms with Crippen LogP contribution in [-0.4, -0.2) is 35.1 Å². The molecule has 0 unspecified atom stereocenters. The lowest BCUT2D eigenvalue weighted by Gasteiger charge is -2.36. The van der Waals surface area contributed by atoms with Gasteiger partial charge in [0.1, 0.15) is 11.8 Å². The number of aromatic nitrogens is 2. The predicted octanol–water partition coefficient (Wildman–Crippen LogP) is 4.60. The van der Waals surface area contributed by atoms with Gasteiger partial charge in [0.15, 0.2) is 11.7 Å². The predicted molar refractivity (Wildman–Crippen MR) is 116 cm³/mol. The molecule has 1 aromatic carbocycles. The van der Waals surface area contributed by atoms with E-state index in [1.54, 1.807) is 0 Å². The Morgan fingerprint density at radius 3 is 2.37 bits per heavy atom. The fourth-order valence-electron chi connectivity index (χ4n) is 4.91.